The van der Waals surface area contributed by atoms with E-state index in [1.807, 2.05) is 27.7 Å². The first-order chi connectivity index (χ1) is 13.6. The summed E-state index contributed by atoms with van der Waals surface area (Å²) in [5.74, 6) is 0.0152. The Labute approximate surface area is 172 Å². The molecule has 0 aliphatic carbocycles. The SMILES string of the molecule is C[C@@H](Nc1c(Nc2ccnc(Nc3ccc(F)c(Cl)c3)n2)c(=O)c1=O)C(C)(C)C. The normalized spacial score (nSPS) is 12.6. The Hall–Kier alpha value is -3.00. The first-order valence-corrected chi connectivity index (χ1v) is 9.36. The van der Waals surface area contributed by atoms with Crippen molar-refractivity contribution in [2.75, 3.05) is 16.0 Å². The zero-order chi connectivity index (χ0) is 21.3. The molecule has 1 atom stereocenters. The molecule has 3 N–H and O–H groups in total. The molecule has 0 bridgehead atoms. The molecule has 3 aromatic rings. The lowest BCUT2D eigenvalue weighted by Gasteiger charge is -2.30. The van der Waals surface area contributed by atoms with Crippen molar-refractivity contribution in [1.29, 1.82) is 0 Å². The summed E-state index contributed by atoms with van der Waals surface area (Å²) in [7, 11) is 0. The summed E-state index contributed by atoms with van der Waals surface area (Å²) in [6.07, 6.45) is 1.49. The molecule has 1 aromatic heterocycles. The minimum atomic E-state index is -0.605. The highest BCUT2D eigenvalue weighted by atomic mass is 35.5. The Balaban J connectivity index is 1.79. The molecule has 9 heteroatoms. The summed E-state index contributed by atoms with van der Waals surface area (Å²) in [5, 5.41) is 8.87. The monoisotopic (exact) mass is 417 g/mol. The van der Waals surface area contributed by atoms with Gasteiger partial charge in [-0.1, -0.05) is 32.4 Å². The zero-order valence-electron chi connectivity index (χ0n) is 16.4. The molecule has 0 saturated carbocycles. The van der Waals surface area contributed by atoms with Crippen LogP contribution >= 0.6 is 11.6 Å². The predicted octanol–water partition coefficient (Wildman–Crippen LogP) is 4.20. The highest BCUT2D eigenvalue weighted by molar-refractivity contribution is 6.31. The van der Waals surface area contributed by atoms with E-state index in [0.717, 1.165) is 0 Å². The smallest absolute Gasteiger partial charge is 0.253 e. The fraction of sp³-hybridized carbons (Fsp3) is 0.300. The summed E-state index contributed by atoms with van der Waals surface area (Å²) in [6.45, 7) is 8.05. The van der Waals surface area contributed by atoms with Gasteiger partial charge in [-0.3, -0.25) is 9.59 Å². The van der Waals surface area contributed by atoms with Crippen LogP contribution in [0.4, 0.5) is 33.2 Å². The number of hydrogen-bond donors (Lipinski definition) is 3. The summed E-state index contributed by atoms with van der Waals surface area (Å²) in [6, 6.07) is 5.67. The molecule has 0 unspecified atom stereocenters. The molecular formula is C20H21ClFN5O2. The Kier molecular flexibility index (Phi) is 5.57. The van der Waals surface area contributed by atoms with Crippen molar-refractivity contribution in [2.24, 2.45) is 5.41 Å². The maximum atomic E-state index is 13.3. The number of nitrogens with zero attached hydrogens (tertiary/aromatic N) is 2. The maximum Gasteiger partial charge on any atom is 0.253 e. The molecule has 29 heavy (non-hydrogen) atoms. The Morgan fingerprint density at radius 2 is 1.76 bits per heavy atom. The highest BCUT2D eigenvalue weighted by Gasteiger charge is 2.27. The van der Waals surface area contributed by atoms with Gasteiger partial charge in [-0.15, -0.1) is 0 Å². The van der Waals surface area contributed by atoms with Crippen LogP contribution in [0.25, 0.3) is 0 Å². The van der Waals surface area contributed by atoms with Crippen LogP contribution in [-0.4, -0.2) is 16.0 Å². The first-order valence-electron chi connectivity index (χ1n) is 8.98. The fourth-order valence-corrected chi connectivity index (χ4v) is 2.58. The molecule has 0 aliphatic heterocycles. The van der Waals surface area contributed by atoms with Crippen LogP contribution in [0.2, 0.25) is 5.02 Å². The third kappa shape index (κ3) is 4.54. The van der Waals surface area contributed by atoms with Crippen molar-refractivity contribution in [3.63, 3.8) is 0 Å². The van der Waals surface area contributed by atoms with Gasteiger partial charge in [-0.05, 0) is 36.6 Å². The zero-order valence-corrected chi connectivity index (χ0v) is 17.2. The van der Waals surface area contributed by atoms with Gasteiger partial charge in [0.05, 0.1) is 5.02 Å². The maximum absolute atomic E-state index is 13.3. The van der Waals surface area contributed by atoms with Crippen LogP contribution in [-0.2, 0) is 0 Å². The van der Waals surface area contributed by atoms with Crippen LogP contribution in [0.1, 0.15) is 27.7 Å². The second kappa shape index (κ2) is 7.79. The van der Waals surface area contributed by atoms with E-state index in [0.29, 0.717) is 11.5 Å². The van der Waals surface area contributed by atoms with Crippen molar-refractivity contribution >= 4 is 40.4 Å². The molecule has 0 amide bonds. The van der Waals surface area contributed by atoms with Gasteiger partial charge in [-0.2, -0.15) is 4.98 Å². The number of hydrogen-bond acceptors (Lipinski definition) is 7. The third-order valence-corrected chi connectivity index (χ3v) is 4.94. The number of anilines is 5. The summed E-state index contributed by atoms with van der Waals surface area (Å²) in [5.41, 5.74) is -0.344. The van der Waals surface area contributed by atoms with E-state index in [4.69, 9.17) is 11.6 Å². The molecule has 0 radical (unpaired) electrons. The van der Waals surface area contributed by atoms with Crippen molar-refractivity contribution in [3.05, 3.63) is 61.7 Å². The van der Waals surface area contributed by atoms with Crippen LogP contribution in [0.3, 0.4) is 0 Å². The lowest BCUT2D eigenvalue weighted by molar-refractivity contribution is 0.359. The van der Waals surface area contributed by atoms with Crippen molar-refractivity contribution in [3.8, 4) is 0 Å². The van der Waals surface area contributed by atoms with Gasteiger partial charge in [0.15, 0.2) is 0 Å². The minimum absolute atomic E-state index is 0.0304. The lowest BCUT2D eigenvalue weighted by atomic mass is 9.87. The van der Waals surface area contributed by atoms with Crippen LogP contribution in [0.5, 0.6) is 0 Å². The standard InChI is InChI=1S/C20H21ClFN5O2/c1-10(20(2,3)4)24-15-16(18(29)17(15)28)26-14-7-8-23-19(27-14)25-11-5-6-13(22)12(21)9-11/h5-10,24H,1-4H3,(H2,23,25,26,27)/t10-/m1/s1. The van der Waals surface area contributed by atoms with Gasteiger partial charge in [0.25, 0.3) is 10.9 Å². The van der Waals surface area contributed by atoms with Gasteiger partial charge in [0.2, 0.25) is 5.95 Å². The molecule has 0 saturated heterocycles. The molecule has 0 aliphatic rings. The quantitative estimate of drug-likeness (QED) is 0.517. The number of benzene rings is 1. The Morgan fingerprint density at radius 1 is 1.07 bits per heavy atom. The van der Waals surface area contributed by atoms with Gasteiger partial charge >= 0.3 is 0 Å². The van der Waals surface area contributed by atoms with E-state index in [1.54, 1.807) is 6.07 Å². The van der Waals surface area contributed by atoms with Crippen LogP contribution in [0.15, 0.2) is 40.1 Å². The third-order valence-electron chi connectivity index (χ3n) is 4.65. The molecule has 0 spiro atoms. The minimum Gasteiger partial charge on any atom is -0.377 e. The molecule has 2 aromatic carbocycles. The first kappa shape index (κ1) is 20.7. The van der Waals surface area contributed by atoms with Gasteiger partial charge in [0, 0.05) is 17.9 Å². The fourth-order valence-electron chi connectivity index (χ4n) is 2.40. The van der Waals surface area contributed by atoms with Crippen molar-refractivity contribution in [2.45, 2.75) is 33.7 Å². The molecule has 0 fully saturated rings. The summed E-state index contributed by atoms with van der Waals surface area (Å²) >= 11 is 5.78. The van der Waals surface area contributed by atoms with E-state index in [-0.39, 0.29) is 33.8 Å². The Bertz CT molecular complexity index is 1120. The van der Waals surface area contributed by atoms with Gasteiger partial charge < -0.3 is 16.0 Å². The van der Waals surface area contributed by atoms with E-state index in [1.165, 1.54) is 24.4 Å². The number of aromatic nitrogens is 2. The van der Waals surface area contributed by atoms with Crippen molar-refractivity contribution in [1.82, 2.24) is 9.97 Å². The predicted molar refractivity (Wildman–Crippen MR) is 114 cm³/mol. The number of halogens is 2. The highest BCUT2D eigenvalue weighted by Crippen LogP contribution is 2.27. The molecule has 3 rings (SSSR count). The largest absolute Gasteiger partial charge is 0.377 e. The van der Waals surface area contributed by atoms with E-state index in [2.05, 4.69) is 25.9 Å². The average molecular weight is 418 g/mol. The van der Waals surface area contributed by atoms with E-state index in [9.17, 15) is 14.0 Å². The second-order valence-corrected chi connectivity index (χ2v) is 8.19. The number of nitrogens with one attached hydrogen (secondary N) is 3. The Morgan fingerprint density at radius 3 is 2.41 bits per heavy atom. The average Bonchev–Trinajstić information content (AvgIpc) is 2.66. The van der Waals surface area contributed by atoms with Gasteiger partial charge in [0.1, 0.15) is 23.0 Å². The molecule has 7 nitrogen and oxygen atoms in total. The van der Waals surface area contributed by atoms with Crippen LogP contribution in [0, 0.1) is 11.2 Å². The topological polar surface area (TPSA) is 96.0 Å². The molecular weight excluding hydrogens is 397 g/mol. The van der Waals surface area contributed by atoms with E-state index >= 15 is 0 Å². The number of rotatable bonds is 6. The lowest BCUT2D eigenvalue weighted by Crippen LogP contribution is -2.41. The van der Waals surface area contributed by atoms with Crippen LogP contribution < -0.4 is 26.8 Å². The molecule has 1 heterocycles. The van der Waals surface area contributed by atoms with Crippen molar-refractivity contribution < 1.29 is 4.39 Å². The summed E-state index contributed by atoms with van der Waals surface area (Å²) < 4.78 is 13.3. The molecule has 152 valence electrons. The summed E-state index contributed by atoms with van der Waals surface area (Å²) in [4.78, 5) is 32.4. The second-order valence-electron chi connectivity index (χ2n) is 7.78. The van der Waals surface area contributed by atoms with E-state index < -0.39 is 16.7 Å². The van der Waals surface area contributed by atoms with Gasteiger partial charge in [-0.25, -0.2) is 9.37 Å².